The van der Waals surface area contributed by atoms with E-state index < -0.39 is 0 Å². The first kappa shape index (κ1) is 23.8. The van der Waals surface area contributed by atoms with Gasteiger partial charge in [0.1, 0.15) is 5.84 Å². The second kappa shape index (κ2) is 9.37. The Morgan fingerprint density at radius 3 is 2.50 bits per heavy atom. The molecule has 1 amide bonds. The van der Waals surface area contributed by atoms with E-state index in [0.717, 1.165) is 68.4 Å². The zero-order chi connectivity index (χ0) is 24.9. The van der Waals surface area contributed by atoms with Gasteiger partial charge in [-0.05, 0) is 87.0 Å². The standard InChI is InChI=1S/C29H39N5O2/c1-20-16-23(7-6-22(20)19-30)34-26(21-4-2-3-5-21)17-27(31-34)32-14-10-29(11-15-32)18-25(29)28(36)33-12-8-24(35)9-13-33/h6-7,16,21,24-26,35H,2-5,8-15,17-18H2,1H3. The van der Waals surface area contributed by atoms with E-state index in [1.165, 1.54) is 31.5 Å². The zero-order valence-electron chi connectivity index (χ0n) is 21.5. The lowest BCUT2D eigenvalue weighted by atomic mass is 9.89. The van der Waals surface area contributed by atoms with Crippen molar-refractivity contribution in [1.29, 1.82) is 5.26 Å². The number of rotatable bonds is 3. The minimum absolute atomic E-state index is 0.185. The van der Waals surface area contributed by atoms with Gasteiger partial charge in [-0.15, -0.1) is 0 Å². The molecule has 192 valence electrons. The highest BCUT2D eigenvalue weighted by Crippen LogP contribution is 2.60. The quantitative estimate of drug-likeness (QED) is 0.693. The highest BCUT2D eigenvalue weighted by Gasteiger charge is 2.59. The van der Waals surface area contributed by atoms with Gasteiger partial charge in [0, 0.05) is 38.5 Å². The normalized spacial score (nSPS) is 28.5. The van der Waals surface area contributed by atoms with Gasteiger partial charge in [0.15, 0.2) is 0 Å². The first-order chi connectivity index (χ1) is 17.5. The number of nitriles is 1. The van der Waals surface area contributed by atoms with E-state index in [4.69, 9.17) is 5.10 Å². The average Bonchev–Trinajstić information content (AvgIpc) is 3.23. The van der Waals surface area contributed by atoms with Gasteiger partial charge in [0.25, 0.3) is 0 Å². The summed E-state index contributed by atoms with van der Waals surface area (Å²) >= 11 is 0. The number of amidine groups is 1. The summed E-state index contributed by atoms with van der Waals surface area (Å²) in [5.41, 5.74) is 3.04. The number of nitrogens with zero attached hydrogens (tertiary/aromatic N) is 5. The van der Waals surface area contributed by atoms with Crippen LogP contribution in [0.5, 0.6) is 0 Å². The first-order valence-corrected chi connectivity index (χ1v) is 14.1. The van der Waals surface area contributed by atoms with E-state index in [1.54, 1.807) is 0 Å². The van der Waals surface area contributed by atoms with E-state index >= 15 is 0 Å². The summed E-state index contributed by atoms with van der Waals surface area (Å²) in [6, 6.07) is 8.80. The Balaban J connectivity index is 1.13. The molecule has 6 rings (SSSR count). The third-order valence-corrected chi connectivity index (χ3v) is 9.86. The van der Waals surface area contributed by atoms with Crippen LogP contribution >= 0.6 is 0 Å². The van der Waals surface area contributed by atoms with Crippen LogP contribution in [0.2, 0.25) is 0 Å². The van der Waals surface area contributed by atoms with Gasteiger partial charge in [0.05, 0.1) is 29.5 Å². The summed E-state index contributed by atoms with van der Waals surface area (Å²) in [5.74, 6) is 2.39. The van der Waals surface area contributed by atoms with Crippen LogP contribution in [0.1, 0.15) is 75.3 Å². The summed E-state index contributed by atoms with van der Waals surface area (Å²) < 4.78 is 0. The molecule has 2 unspecified atom stereocenters. The zero-order valence-corrected chi connectivity index (χ0v) is 21.5. The van der Waals surface area contributed by atoms with Crippen molar-refractivity contribution in [3.8, 4) is 6.07 Å². The maximum atomic E-state index is 13.1. The number of likely N-dealkylation sites (tertiary alicyclic amines) is 2. The van der Waals surface area contributed by atoms with Crippen LogP contribution in [0.4, 0.5) is 5.69 Å². The van der Waals surface area contributed by atoms with Crippen molar-refractivity contribution in [3.63, 3.8) is 0 Å². The summed E-state index contributed by atoms with van der Waals surface area (Å²) in [7, 11) is 0. The SMILES string of the molecule is Cc1cc(N2N=C(N3CCC4(CC3)CC4C(=O)N3CCC(O)CC3)CC2C2CCCC2)ccc1C#N. The Labute approximate surface area is 214 Å². The second-order valence-electron chi connectivity index (χ2n) is 12.0. The van der Waals surface area contributed by atoms with E-state index in [1.807, 2.05) is 17.9 Å². The monoisotopic (exact) mass is 489 g/mol. The number of piperidine rings is 2. The molecule has 2 saturated heterocycles. The molecule has 3 aliphatic heterocycles. The highest BCUT2D eigenvalue weighted by molar-refractivity contribution is 5.87. The predicted molar refractivity (Wildman–Crippen MR) is 139 cm³/mol. The van der Waals surface area contributed by atoms with Crippen molar-refractivity contribution in [1.82, 2.24) is 9.80 Å². The maximum absolute atomic E-state index is 13.1. The van der Waals surface area contributed by atoms with E-state index in [9.17, 15) is 15.2 Å². The van der Waals surface area contributed by atoms with Gasteiger partial charge in [-0.2, -0.15) is 10.4 Å². The van der Waals surface area contributed by atoms with Crippen LogP contribution in [0.25, 0.3) is 0 Å². The number of carbonyl (C=O) groups excluding carboxylic acids is 1. The van der Waals surface area contributed by atoms with Crippen molar-refractivity contribution in [3.05, 3.63) is 29.3 Å². The van der Waals surface area contributed by atoms with E-state index in [0.29, 0.717) is 31.0 Å². The second-order valence-corrected chi connectivity index (χ2v) is 12.0. The third kappa shape index (κ3) is 4.28. The van der Waals surface area contributed by atoms with Gasteiger partial charge < -0.3 is 14.9 Å². The van der Waals surface area contributed by atoms with Gasteiger partial charge in [-0.1, -0.05) is 12.8 Å². The molecule has 36 heavy (non-hydrogen) atoms. The van der Waals surface area contributed by atoms with Crippen LogP contribution in [0.15, 0.2) is 23.3 Å². The molecule has 0 aromatic heterocycles. The van der Waals surface area contributed by atoms with Gasteiger partial charge >= 0.3 is 0 Å². The van der Waals surface area contributed by atoms with Crippen LogP contribution < -0.4 is 5.01 Å². The maximum Gasteiger partial charge on any atom is 0.226 e. The fraction of sp³-hybridized carbons (Fsp3) is 0.690. The Kier molecular flexibility index (Phi) is 6.19. The molecule has 1 N–H and O–H groups in total. The Bertz CT molecular complexity index is 1070. The summed E-state index contributed by atoms with van der Waals surface area (Å²) in [6.07, 6.45) is 10.6. The molecule has 0 bridgehead atoms. The molecule has 3 heterocycles. The number of hydrogen-bond acceptors (Lipinski definition) is 6. The van der Waals surface area contributed by atoms with E-state index in [2.05, 4.69) is 28.1 Å². The largest absolute Gasteiger partial charge is 0.393 e. The average molecular weight is 490 g/mol. The fourth-order valence-electron chi connectivity index (χ4n) is 7.34. The Morgan fingerprint density at radius 1 is 1.11 bits per heavy atom. The molecule has 1 spiro atoms. The van der Waals surface area contributed by atoms with Crippen molar-refractivity contribution >= 4 is 17.4 Å². The number of hydrogen-bond donors (Lipinski definition) is 1. The number of hydrazone groups is 1. The Hall–Kier alpha value is -2.59. The molecule has 2 aliphatic carbocycles. The molecule has 2 saturated carbocycles. The lowest BCUT2D eigenvalue weighted by molar-refractivity contribution is -0.135. The van der Waals surface area contributed by atoms with Crippen LogP contribution in [0, 0.1) is 35.5 Å². The topological polar surface area (TPSA) is 83.2 Å². The van der Waals surface area contributed by atoms with Gasteiger partial charge in [-0.3, -0.25) is 9.80 Å². The fourth-order valence-corrected chi connectivity index (χ4v) is 7.34. The van der Waals surface area contributed by atoms with Crippen molar-refractivity contribution < 1.29 is 9.90 Å². The van der Waals surface area contributed by atoms with Crippen molar-refractivity contribution in [2.45, 2.75) is 83.3 Å². The lowest BCUT2D eigenvalue weighted by Crippen LogP contribution is -2.43. The first-order valence-electron chi connectivity index (χ1n) is 14.1. The number of aliphatic hydroxyl groups is 1. The molecular weight excluding hydrogens is 450 g/mol. The predicted octanol–water partition coefficient (Wildman–Crippen LogP) is 4.03. The molecule has 5 aliphatic rings. The number of carbonyl (C=O) groups is 1. The van der Waals surface area contributed by atoms with Gasteiger partial charge in [0.2, 0.25) is 5.91 Å². The molecule has 7 nitrogen and oxygen atoms in total. The molecule has 1 aromatic carbocycles. The minimum atomic E-state index is -0.238. The molecule has 7 heteroatoms. The molecule has 0 radical (unpaired) electrons. The minimum Gasteiger partial charge on any atom is -0.393 e. The Morgan fingerprint density at radius 2 is 1.83 bits per heavy atom. The highest BCUT2D eigenvalue weighted by atomic mass is 16.3. The number of anilines is 1. The summed E-state index contributed by atoms with van der Waals surface area (Å²) in [5, 5.41) is 26.6. The van der Waals surface area contributed by atoms with Crippen molar-refractivity contribution in [2.24, 2.45) is 22.4 Å². The third-order valence-electron chi connectivity index (χ3n) is 9.86. The lowest BCUT2D eigenvalue weighted by Gasteiger charge is -2.35. The molecule has 4 fully saturated rings. The molecule has 1 aromatic rings. The van der Waals surface area contributed by atoms with Crippen molar-refractivity contribution in [2.75, 3.05) is 31.2 Å². The molecular formula is C29H39N5O2. The number of benzene rings is 1. The summed E-state index contributed by atoms with van der Waals surface area (Å²) in [4.78, 5) is 17.6. The smallest absolute Gasteiger partial charge is 0.226 e. The number of amides is 1. The van der Waals surface area contributed by atoms with Crippen LogP contribution in [-0.4, -0.2) is 65.0 Å². The summed E-state index contributed by atoms with van der Waals surface area (Å²) in [6.45, 7) is 5.40. The van der Waals surface area contributed by atoms with Crippen LogP contribution in [0.3, 0.4) is 0 Å². The molecule has 2 atom stereocenters. The number of aryl methyl sites for hydroxylation is 1. The van der Waals surface area contributed by atoms with E-state index in [-0.39, 0.29) is 17.4 Å². The van der Waals surface area contributed by atoms with Crippen LogP contribution in [-0.2, 0) is 4.79 Å². The number of aliphatic hydroxyl groups excluding tert-OH is 1. The van der Waals surface area contributed by atoms with Gasteiger partial charge in [-0.25, -0.2) is 0 Å².